The molecular formula is C16H25ClN2OS. The number of carbonyl (C=O) groups is 1. The minimum absolute atomic E-state index is 0. The number of nitrogens with two attached hydrogens (primary N) is 1. The van der Waals surface area contributed by atoms with E-state index in [0.29, 0.717) is 24.4 Å². The Kier molecular flexibility index (Phi) is 5.69. The summed E-state index contributed by atoms with van der Waals surface area (Å²) in [5.74, 6) is 0.960. The van der Waals surface area contributed by atoms with Gasteiger partial charge in [0.05, 0.1) is 6.04 Å². The first-order valence-electron chi connectivity index (χ1n) is 7.77. The van der Waals surface area contributed by atoms with Crippen LogP contribution in [0.4, 0.5) is 0 Å². The molecule has 5 heteroatoms. The van der Waals surface area contributed by atoms with Gasteiger partial charge in [-0.15, -0.1) is 23.7 Å². The number of carbonyl (C=O) groups excluding carboxylic acids is 1. The average Bonchev–Trinajstić information content (AvgIpc) is 3.17. The SMILES string of the molecule is Cc1ccc(C2CCCN2C(=O)[C@@H]2CCC[C@@H]2CN)s1.Cl. The number of thiophene rings is 1. The summed E-state index contributed by atoms with van der Waals surface area (Å²) in [6, 6.07) is 4.69. The Balaban J connectivity index is 0.00000161. The highest BCUT2D eigenvalue weighted by atomic mass is 35.5. The van der Waals surface area contributed by atoms with Crippen LogP contribution in [0.1, 0.15) is 47.9 Å². The van der Waals surface area contributed by atoms with E-state index in [0.717, 1.165) is 38.6 Å². The third-order valence-electron chi connectivity index (χ3n) is 4.90. The maximum atomic E-state index is 12.9. The summed E-state index contributed by atoms with van der Waals surface area (Å²) in [5, 5.41) is 0. The molecule has 1 unspecified atom stereocenters. The molecule has 1 aromatic heterocycles. The predicted molar refractivity (Wildman–Crippen MR) is 89.9 cm³/mol. The predicted octanol–water partition coefficient (Wildman–Crippen LogP) is 3.52. The lowest BCUT2D eigenvalue weighted by atomic mass is 9.94. The van der Waals surface area contributed by atoms with Gasteiger partial charge in [-0.25, -0.2) is 0 Å². The lowest BCUT2D eigenvalue weighted by Gasteiger charge is -2.29. The van der Waals surface area contributed by atoms with E-state index >= 15 is 0 Å². The molecule has 3 atom stereocenters. The fourth-order valence-corrected chi connectivity index (χ4v) is 4.84. The van der Waals surface area contributed by atoms with Gasteiger partial charge in [0, 0.05) is 22.2 Å². The summed E-state index contributed by atoms with van der Waals surface area (Å²) in [7, 11) is 0. The van der Waals surface area contributed by atoms with Gasteiger partial charge in [0.2, 0.25) is 5.91 Å². The van der Waals surface area contributed by atoms with Crippen molar-refractivity contribution in [1.29, 1.82) is 0 Å². The minimum Gasteiger partial charge on any atom is -0.335 e. The van der Waals surface area contributed by atoms with Crippen LogP contribution in [0.2, 0.25) is 0 Å². The summed E-state index contributed by atoms with van der Waals surface area (Å²) in [6.07, 6.45) is 5.57. The summed E-state index contributed by atoms with van der Waals surface area (Å²) < 4.78 is 0. The molecule has 0 aromatic carbocycles. The van der Waals surface area contributed by atoms with E-state index in [9.17, 15) is 4.79 Å². The molecule has 0 bridgehead atoms. The van der Waals surface area contributed by atoms with Gasteiger partial charge >= 0.3 is 0 Å². The molecular weight excluding hydrogens is 304 g/mol. The van der Waals surface area contributed by atoms with Crippen LogP contribution < -0.4 is 5.73 Å². The van der Waals surface area contributed by atoms with Crippen molar-refractivity contribution in [2.75, 3.05) is 13.1 Å². The number of likely N-dealkylation sites (tertiary alicyclic amines) is 1. The highest BCUT2D eigenvalue weighted by Gasteiger charge is 2.39. The monoisotopic (exact) mass is 328 g/mol. The van der Waals surface area contributed by atoms with E-state index in [1.807, 2.05) is 11.3 Å². The molecule has 1 saturated carbocycles. The van der Waals surface area contributed by atoms with Crippen LogP contribution in [0.15, 0.2) is 12.1 Å². The first kappa shape index (κ1) is 16.8. The molecule has 2 aliphatic rings. The van der Waals surface area contributed by atoms with Crippen molar-refractivity contribution in [1.82, 2.24) is 4.90 Å². The maximum absolute atomic E-state index is 12.9. The van der Waals surface area contributed by atoms with Crippen molar-refractivity contribution in [2.24, 2.45) is 17.6 Å². The summed E-state index contributed by atoms with van der Waals surface area (Å²) in [5.41, 5.74) is 5.84. The van der Waals surface area contributed by atoms with E-state index in [-0.39, 0.29) is 18.3 Å². The van der Waals surface area contributed by atoms with Crippen LogP contribution in [-0.2, 0) is 4.79 Å². The summed E-state index contributed by atoms with van der Waals surface area (Å²) in [6.45, 7) is 3.72. The third kappa shape index (κ3) is 3.27. The Morgan fingerprint density at radius 3 is 2.81 bits per heavy atom. The average molecular weight is 329 g/mol. The minimum atomic E-state index is 0. The largest absolute Gasteiger partial charge is 0.335 e. The molecule has 2 fully saturated rings. The van der Waals surface area contributed by atoms with Gasteiger partial charge < -0.3 is 10.6 Å². The fourth-order valence-electron chi connectivity index (χ4n) is 3.82. The third-order valence-corrected chi connectivity index (χ3v) is 6.01. The number of nitrogens with zero attached hydrogens (tertiary/aromatic N) is 1. The van der Waals surface area contributed by atoms with Crippen LogP contribution in [0.3, 0.4) is 0 Å². The zero-order chi connectivity index (χ0) is 14.1. The second-order valence-electron chi connectivity index (χ2n) is 6.17. The molecule has 1 aliphatic heterocycles. The van der Waals surface area contributed by atoms with Crippen molar-refractivity contribution in [3.63, 3.8) is 0 Å². The zero-order valence-electron chi connectivity index (χ0n) is 12.6. The molecule has 21 heavy (non-hydrogen) atoms. The Hall–Kier alpha value is -0.580. The normalized spacial score (nSPS) is 28.7. The van der Waals surface area contributed by atoms with Crippen LogP contribution in [0.25, 0.3) is 0 Å². The summed E-state index contributed by atoms with van der Waals surface area (Å²) in [4.78, 5) is 17.7. The van der Waals surface area contributed by atoms with Crippen molar-refractivity contribution >= 4 is 29.7 Å². The molecule has 2 heterocycles. The number of halogens is 1. The van der Waals surface area contributed by atoms with Gasteiger partial charge in [-0.3, -0.25) is 4.79 Å². The highest BCUT2D eigenvalue weighted by Crippen LogP contribution is 2.40. The van der Waals surface area contributed by atoms with Crippen molar-refractivity contribution in [3.05, 3.63) is 21.9 Å². The number of aryl methyl sites for hydroxylation is 1. The number of hydrogen-bond donors (Lipinski definition) is 1. The van der Waals surface area contributed by atoms with Crippen LogP contribution >= 0.6 is 23.7 Å². The topological polar surface area (TPSA) is 46.3 Å². The summed E-state index contributed by atoms with van der Waals surface area (Å²) >= 11 is 1.84. The smallest absolute Gasteiger partial charge is 0.226 e. The quantitative estimate of drug-likeness (QED) is 0.922. The Morgan fingerprint density at radius 1 is 1.33 bits per heavy atom. The molecule has 1 aliphatic carbocycles. The molecule has 3 rings (SSSR count). The van der Waals surface area contributed by atoms with Crippen LogP contribution in [0.5, 0.6) is 0 Å². The number of rotatable bonds is 3. The van der Waals surface area contributed by atoms with E-state index in [1.165, 1.54) is 9.75 Å². The first-order valence-corrected chi connectivity index (χ1v) is 8.59. The maximum Gasteiger partial charge on any atom is 0.226 e. The van der Waals surface area contributed by atoms with Crippen molar-refractivity contribution in [2.45, 2.75) is 45.1 Å². The second-order valence-corrected chi connectivity index (χ2v) is 7.49. The van der Waals surface area contributed by atoms with Crippen LogP contribution in [-0.4, -0.2) is 23.9 Å². The van der Waals surface area contributed by atoms with Crippen molar-refractivity contribution in [3.8, 4) is 0 Å². The van der Waals surface area contributed by atoms with E-state index in [4.69, 9.17) is 5.73 Å². The molecule has 0 spiro atoms. The molecule has 1 amide bonds. The van der Waals surface area contributed by atoms with E-state index in [1.54, 1.807) is 0 Å². The van der Waals surface area contributed by atoms with E-state index in [2.05, 4.69) is 24.0 Å². The van der Waals surface area contributed by atoms with Crippen LogP contribution in [0, 0.1) is 18.8 Å². The second kappa shape index (κ2) is 7.12. The molecule has 118 valence electrons. The molecule has 2 N–H and O–H groups in total. The van der Waals surface area contributed by atoms with E-state index < -0.39 is 0 Å². The highest BCUT2D eigenvalue weighted by molar-refractivity contribution is 7.12. The Labute approximate surface area is 137 Å². The number of amides is 1. The standard InChI is InChI=1S/C16H24N2OS.ClH/c1-11-7-8-15(20-11)14-6-3-9-18(14)16(19)13-5-2-4-12(13)10-17;/h7-8,12-14H,2-6,9-10,17H2,1H3;1H/t12-,13-,14?;/m1./s1. The lowest BCUT2D eigenvalue weighted by Crippen LogP contribution is -2.38. The molecule has 1 aromatic rings. The Bertz CT molecular complexity index is 490. The van der Waals surface area contributed by atoms with Gasteiger partial charge in [0.1, 0.15) is 0 Å². The molecule has 1 saturated heterocycles. The van der Waals surface area contributed by atoms with Gasteiger partial charge in [-0.1, -0.05) is 6.42 Å². The lowest BCUT2D eigenvalue weighted by molar-refractivity contribution is -0.137. The molecule has 0 radical (unpaired) electrons. The number of hydrogen-bond acceptors (Lipinski definition) is 3. The first-order chi connectivity index (χ1) is 9.70. The zero-order valence-corrected chi connectivity index (χ0v) is 14.2. The van der Waals surface area contributed by atoms with Gasteiger partial charge in [0.25, 0.3) is 0 Å². The molecule has 3 nitrogen and oxygen atoms in total. The van der Waals surface area contributed by atoms with Gasteiger partial charge in [0.15, 0.2) is 0 Å². The van der Waals surface area contributed by atoms with Gasteiger partial charge in [-0.2, -0.15) is 0 Å². The van der Waals surface area contributed by atoms with Crippen molar-refractivity contribution < 1.29 is 4.79 Å². The Morgan fingerprint density at radius 2 is 2.14 bits per heavy atom. The fraction of sp³-hybridized carbons (Fsp3) is 0.688. The van der Waals surface area contributed by atoms with Gasteiger partial charge in [-0.05, 0) is 57.2 Å².